The van der Waals surface area contributed by atoms with Crippen LogP contribution >= 0.6 is 11.8 Å². The SMILES string of the molecule is CSCC[C@H](NC(=O)[C@H](CCC(N)=O)NC(=O)[C@H](CC(=O)O)NC(C)=O)C(=O)N[C@H](C=O)CC(=O)O. The van der Waals surface area contributed by atoms with Gasteiger partial charge in [-0.25, -0.2) is 0 Å². The van der Waals surface area contributed by atoms with Crippen LogP contribution in [0.2, 0.25) is 0 Å². The van der Waals surface area contributed by atoms with Crippen LogP contribution in [0.3, 0.4) is 0 Å². The molecule has 0 spiro atoms. The zero-order valence-corrected chi connectivity index (χ0v) is 20.6. The number of nitrogens with two attached hydrogens (primary N) is 1. The Morgan fingerprint density at radius 1 is 0.806 bits per heavy atom. The lowest BCUT2D eigenvalue weighted by Crippen LogP contribution is -2.57. The number of aldehydes is 1. The molecule has 0 aliphatic carbocycles. The largest absolute Gasteiger partial charge is 0.481 e. The first-order valence-electron chi connectivity index (χ1n) is 10.6. The maximum absolute atomic E-state index is 12.9. The zero-order valence-electron chi connectivity index (χ0n) is 19.8. The van der Waals surface area contributed by atoms with E-state index in [-0.39, 0.29) is 25.5 Å². The Hall–Kier alpha value is -3.69. The minimum atomic E-state index is -1.52. The first-order chi connectivity index (χ1) is 16.8. The van der Waals surface area contributed by atoms with Gasteiger partial charge in [-0.3, -0.25) is 33.6 Å². The van der Waals surface area contributed by atoms with Gasteiger partial charge in [0.25, 0.3) is 0 Å². The first-order valence-corrected chi connectivity index (χ1v) is 12.0. The minimum Gasteiger partial charge on any atom is -0.481 e. The molecule has 5 amide bonds. The van der Waals surface area contributed by atoms with Crippen LogP contribution in [0, 0.1) is 0 Å². The van der Waals surface area contributed by atoms with Gasteiger partial charge in [0.1, 0.15) is 24.4 Å². The van der Waals surface area contributed by atoms with Gasteiger partial charge in [0.05, 0.1) is 18.9 Å². The number of primary amides is 1. The minimum absolute atomic E-state index is 0.0708. The number of nitrogens with one attached hydrogen (secondary N) is 4. The van der Waals surface area contributed by atoms with Gasteiger partial charge in [-0.15, -0.1) is 0 Å². The third kappa shape index (κ3) is 13.9. The van der Waals surface area contributed by atoms with E-state index in [1.54, 1.807) is 6.26 Å². The highest BCUT2D eigenvalue weighted by atomic mass is 32.2. The molecule has 0 radical (unpaired) electrons. The molecule has 0 aromatic carbocycles. The highest BCUT2D eigenvalue weighted by Crippen LogP contribution is 2.06. The summed E-state index contributed by atoms with van der Waals surface area (Å²) in [5.41, 5.74) is 5.12. The molecular weight excluding hydrogens is 502 g/mol. The van der Waals surface area contributed by atoms with Crippen molar-refractivity contribution in [2.45, 2.75) is 63.2 Å². The van der Waals surface area contributed by atoms with Crippen LogP contribution in [-0.4, -0.2) is 94.1 Å². The number of carbonyl (C=O) groups excluding carboxylic acids is 6. The van der Waals surface area contributed by atoms with Crippen LogP contribution in [0.1, 0.15) is 39.0 Å². The molecule has 15 nitrogen and oxygen atoms in total. The smallest absolute Gasteiger partial charge is 0.305 e. The van der Waals surface area contributed by atoms with Crippen molar-refractivity contribution in [3.8, 4) is 0 Å². The predicted octanol–water partition coefficient (Wildman–Crippen LogP) is -2.89. The van der Waals surface area contributed by atoms with Gasteiger partial charge in [0.15, 0.2) is 0 Å². The van der Waals surface area contributed by atoms with Crippen LogP contribution in [0.25, 0.3) is 0 Å². The predicted molar refractivity (Wildman–Crippen MR) is 125 cm³/mol. The van der Waals surface area contributed by atoms with Crippen molar-refractivity contribution in [1.82, 2.24) is 21.3 Å². The number of carbonyl (C=O) groups is 8. The molecule has 0 saturated heterocycles. The van der Waals surface area contributed by atoms with E-state index in [4.69, 9.17) is 15.9 Å². The van der Waals surface area contributed by atoms with E-state index in [1.165, 1.54) is 11.8 Å². The fourth-order valence-corrected chi connectivity index (χ4v) is 3.31. The van der Waals surface area contributed by atoms with Crippen molar-refractivity contribution < 1.29 is 48.6 Å². The second kappa shape index (κ2) is 16.9. The average molecular weight is 534 g/mol. The highest BCUT2D eigenvalue weighted by Gasteiger charge is 2.31. The van der Waals surface area contributed by atoms with Gasteiger partial charge in [-0.05, 0) is 24.9 Å². The molecule has 0 aliphatic rings. The second-order valence-electron chi connectivity index (χ2n) is 7.61. The summed E-state index contributed by atoms with van der Waals surface area (Å²) in [6.07, 6.45) is -0.0820. The zero-order chi connectivity index (χ0) is 27.8. The number of hydrogen-bond acceptors (Lipinski definition) is 9. The molecule has 0 rings (SSSR count). The van der Waals surface area contributed by atoms with Gasteiger partial charge in [-0.2, -0.15) is 11.8 Å². The molecule has 36 heavy (non-hydrogen) atoms. The van der Waals surface area contributed by atoms with Gasteiger partial charge < -0.3 is 42.0 Å². The van der Waals surface area contributed by atoms with Crippen LogP contribution in [0.5, 0.6) is 0 Å². The summed E-state index contributed by atoms with van der Waals surface area (Å²) in [6, 6.07) is -5.55. The molecule has 16 heteroatoms. The number of carboxylic acid groups (broad SMARTS) is 2. The monoisotopic (exact) mass is 533 g/mol. The fraction of sp³-hybridized carbons (Fsp3) is 0.600. The van der Waals surface area contributed by atoms with Crippen molar-refractivity contribution in [2.75, 3.05) is 12.0 Å². The van der Waals surface area contributed by atoms with Gasteiger partial charge >= 0.3 is 11.9 Å². The molecule has 0 unspecified atom stereocenters. The van der Waals surface area contributed by atoms with Crippen LogP contribution < -0.4 is 27.0 Å². The number of thioether (sulfide) groups is 1. The molecule has 0 aromatic heterocycles. The van der Waals surface area contributed by atoms with Crippen molar-refractivity contribution in [2.24, 2.45) is 5.73 Å². The maximum atomic E-state index is 12.9. The molecule has 0 bridgehead atoms. The highest BCUT2D eigenvalue weighted by molar-refractivity contribution is 7.98. The average Bonchev–Trinajstić information content (AvgIpc) is 2.76. The lowest BCUT2D eigenvalue weighted by molar-refractivity contribution is -0.141. The summed E-state index contributed by atoms with van der Waals surface area (Å²) in [5, 5.41) is 26.8. The summed E-state index contributed by atoms with van der Waals surface area (Å²) in [5.74, 6) is -6.65. The van der Waals surface area contributed by atoms with Crippen molar-refractivity contribution >= 4 is 59.5 Å². The number of hydrogen-bond donors (Lipinski definition) is 7. The molecule has 8 N–H and O–H groups in total. The lowest BCUT2D eigenvalue weighted by Gasteiger charge is -2.25. The standard InChI is InChI=1S/C20H31N5O10S/c1-10(27)22-14(8-17(31)32)20(35)24-12(3-4-15(21)28)19(34)25-13(5-6-36-2)18(33)23-11(9-26)7-16(29)30/h9,11-14H,3-8H2,1-2H3,(H2,21,28)(H,22,27)(H,23,33)(H,24,35)(H,25,34)(H,29,30)(H,31,32)/t11-,12-,13-,14-/m0/s1. The van der Waals surface area contributed by atoms with Crippen LogP contribution in [0.15, 0.2) is 0 Å². The molecular formula is C20H31N5O10S. The fourth-order valence-electron chi connectivity index (χ4n) is 2.84. The van der Waals surface area contributed by atoms with Gasteiger partial charge in [0.2, 0.25) is 29.5 Å². The normalized spacial score (nSPS) is 13.7. The summed E-state index contributed by atoms with van der Waals surface area (Å²) in [7, 11) is 0. The number of aliphatic carboxylic acids is 2. The lowest BCUT2D eigenvalue weighted by atomic mass is 10.1. The third-order valence-electron chi connectivity index (χ3n) is 4.52. The Balaban J connectivity index is 5.69. The molecule has 0 heterocycles. The Kier molecular flexibility index (Phi) is 15.1. The van der Waals surface area contributed by atoms with E-state index >= 15 is 0 Å². The van der Waals surface area contributed by atoms with E-state index in [9.17, 15) is 38.4 Å². The van der Waals surface area contributed by atoms with Crippen molar-refractivity contribution in [3.05, 3.63) is 0 Å². The number of amides is 5. The molecule has 4 atom stereocenters. The Bertz CT molecular complexity index is 837. The van der Waals surface area contributed by atoms with Crippen LogP contribution in [0.4, 0.5) is 0 Å². The van der Waals surface area contributed by atoms with Crippen molar-refractivity contribution in [1.29, 1.82) is 0 Å². The Morgan fingerprint density at radius 2 is 1.31 bits per heavy atom. The second-order valence-corrected chi connectivity index (χ2v) is 8.59. The quantitative estimate of drug-likeness (QED) is 0.0880. The van der Waals surface area contributed by atoms with Gasteiger partial charge in [-0.1, -0.05) is 0 Å². The Labute approximate surface area is 210 Å². The van der Waals surface area contributed by atoms with E-state index in [1.807, 2.05) is 0 Å². The first kappa shape index (κ1) is 32.3. The summed E-state index contributed by atoms with van der Waals surface area (Å²) in [4.78, 5) is 93.8. The number of carboxylic acids is 2. The van der Waals surface area contributed by atoms with E-state index in [0.29, 0.717) is 5.75 Å². The molecule has 0 saturated carbocycles. The van der Waals surface area contributed by atoms with Crippen molar-refractivity contribution in [3.63, 3.8) is 0 Å². The number of rotatable bonds is 18. The third-order valence-corrected chi connectivity index (χ3v) is 5.16. The molecule has 0 aromatic rings. The topological polar surface area (TPSA) is 251 Å². The molecule has 0 aliphatic heterocycles. The molecule has 0 fully saturated rings. The van der Waals surface area contributed by atoms with E-state index in [2.05, 4.69) is 21.3 Å². The van der Waals surface area contributed by atoms with Gasteiger partial charge in [0, 0.05) is 13.3 Å². The van der Waals surface area contributed by atoms with E-state index < -0.39 is 78.5 Å². The van der Waals surface area contributed by atoms with Crippen LogP contribution in [-0.2, 0) is 38.4 Å². The summed E-state index contributed by atoms with van der Waals surface area (Å²) < 4.78 is 0. The summed E-state index contributed by atoms with van der Waals surface area (Å²) >= 11 is 1.34. The molecule has 202 valence electrons. The van der Waals surface area contributed by atoms with E-state index in [0.717, 1.165) is 6.92 Å². The Morgan fingerprint density at radius 3 is 1.75 bits per heavy atom. The maximum Gasteiger partial charge on any atom is 0.305 e. The summed E-state index contributed by atoms with van der Waals surface area (Å²) in [6.45, 7) is 1.06.